The minimum absolute atomic E-state index is 0. The first-order valence-electron chi connectivity index (χ1n) is 16.6. The molecule has 0 saturated heterocycles. The molecule has 0 aliphatic carbocycles. The second-order valence-corrected chi connectivity index (χ2v) is 16.8. The Hall–Kier alpha value is -4.72. The molecule has 0 radical (unpaired) electrons. The van der Waals surface area contributed by atoms with Gasteiger partial charge < -0.3 is 0 Å². The number of nitrogens with one attached hydrogen (secondary N) is 2. The van der Waals surface area contributed by atoms with Gasteiger partial charge in [-0.2, -0.15) is 0 Å². The Morgan fingerprint density at radius 3 is 0.549 bits per heavy atom. The third-order valence-corrected chi connectivity index (χ3v) is 13.2. The van der Waals surface area contributed by atoms with Crippen LogP contribution in [0.1, 0.15) is 33.4 Å². The van der Waals surface area contributed by atoms with Crippen LogP contribution in [0.3, 0.4) is 0 Å². The van der Waals surface area contributed by atoms with Gasteiger partial charge in [0.15, 0.2) is 0 Å². The molecule has 51 heavy (non-hydrogen) atoms. The molecule has 0 spiro atoms. The van der Waals surface area contributed by atoms with Crippen LogP contribution in [-0.4, -0.2) is 0 Å². The standard InChI is InChI=1S/2C21H21P.2HN3.Pd/c2*1-4-10-19(11-5-1)16-22(17-20-12-6-2-7-13-20)18-21-14-8-3-9-15-21;2*1-3-2;/h2*1-15H,16-18H2;2*1H;/p+2. The molecule has 6 aromatic rings. The number of nitrogens with zero attached hydrogens (tertiary/aromatic N) is 4. The van der Waals surface area contributed by atoms with Gasteiger partial charge in [-0.25, -0.2) is 0 Å². The Bertz CT molecular complexity index is 1460. The van der Waals surface area contributed by atoms with E-state index in [0.29, 0.717) is 0 Å². The maximum Gasteiger partial charge on any atom is 0.0826 e. The van der Waals surface area contributed by atoms with Crippen molar-refractivity contribution in [2.75, 3.05) is 0 Å². The first-order chi connectivity index (χ1) is 24.6. The van der Waals surface area contributed by atoms with E-state index < -0.39 is 15.8 Å². The van der Waals surface area contributed by atoms with Crippen molar-refractivity contribution in [3.63, 3.8) is 0 Å². The van der Waals surface area contributed by atoms with E-state index in [1.54, 1.807) is 10.2 Å². The van der Waals surface area contributed by atoms with Crippen LogP contribution in [0.2, 0.25) is 0 Å². The van der Waals surface area contributed by atoms with E-state index >= 15 is 0 Å². The molecule has 0 heterocycles. The van der Waals surface area contributed by atoms with Gasteiger partial charge in [0.05, 0.1) is 47.1 Å². The van der Waals surface area contributed by atoms with Gasteiger partial charge in [-0.3, -0.25) is 0 Å². The van der Waals surface area contributed by atoms with E-state index in [1.165, 1.54) is 70.4 Å². The zero-order valence-corrected chi connectivity index (χ0v) is 32.2. The van der Waals surface area contributed by atoms with Crippen molar-refractivity contribution >= 4 is 15.8 Å². The fraction of sp³-hybridized carbons (Fsp3) is 0.143. The molecule has 0 bridgehead atoms. The summed E-state index contributed by atoms with van der Waals surface area (Å²) < 4.78 is 0. The molecular formula is C42H46N6P2Pd+2. The fourth-order valence-corrected chi connectivity index (χ4v) is 11.3. The molecule has 262 valence electrons. The second kappa shape index (κ2) is 27.1. The molecule has 0 aromatic heterocycles. The van der Waals surface area contributed by atoms with Crippen molar-refractivity contribution in [3.05, 3.63) is 237 Å². The molecule has 6 nitrogen and oxygen atoms in total. The summed E-state index contributed by atoms with van der Waals surface area (Å²) in [5.74, 6) is 10.8. The van der Waals surface area contributed by atoms with Crippen molar-refractivity contribution in [2.45, 2.75) is 37.0 Å². The Labute approximate surface area is 319 Å². The van der Waals surface area contributed by atoms with E-state index in [9.17, 15) is 0 Å². The normalized spacial score (nSPS) is 9.57. The smallest absolute Gasteiger partial charge is 0.0826 e. The molecule has 0 saturated carbocycles. The molecular weight excluding hydrogens is 757 g/mol. The zero-order chi connectivity index (χ0) is 35.5. The van der Waals surface area contributed by atoms with Gasteiger partial charge in [-0.1, -0.05) is 194 Å². The van der Waals surface area contributed by atoms with Gasteiger partial charge in [0.2, 0.25) is 0 Å². The van der Waals surface area contributed by atoms with Crippen LogP contribution in [0.25, 0.3) is 21.9 Å². The van der Waals surface area contributed by atoms with Gasteiger partial charge in [0, 0.05) is 36.3 Å². The first-order valence-corrected chi connectivity index (χ1v) is 20.8. The third-order valence-electron chi connectivity index (χ3n) is 7.78. The van der Waals surface area contributed by atoms with Crippen molar-refractivity contribution in [1.82, 2.24) is 0 Å². The quantitative estimate of drug-likeness (QED) is 0.0532. The average molecular weight is 803 g/mol. The number of rotatable bonds is 12. The van der Waals surface area contributed by atoms with Crippen LogP contribution >= 0.6 is 15.8 Å². The molecule has 6 aromatic carbocycles. The van der Waals surface area contributed by atoms with Crippen molar-refractivity contribution < 1.29 is 20.4 Å². The van der Waals surface area contributed by atoms with E-state index in [1.807, 2.05) is 0 Å². The molecule has 0 fully saturated rings. The Kier molecular flexibility index (Phi) is 22.5. The van der Waals surface area contributed by atoms with E-state index in [4.69, 9.17) is 22.5 Å². The van der Waals surface area contributed by atoms with Crippen LogP contribution in [0, 0.1) is 10.8 Å². The molecule has 0 amide bonds. The SMILES string of the molecule is N#[N+][NH-].N#[N+][NH-].[Pd].c1ccc(C[PH+](Cc2ccccc2)Cc2ccccc2)cc1.c1ccc(C[PH+](Cc2ccccc2)Cc2ccccc2)cc1. The molecule has 0 unspecified atom stereocenters. The van der Waals surface area contributed by atoms with E-state index in [-0.39, 0.29) is 20.4 Å². The minimum atomic E-state index is -0.502. The summed E-state index contributed by atoms with van der Waals surface area (Å²) in [4.78, 5) is 0. The van der Waals surface area contributed by atoms with Crippen LogP contribution < -0.4 is 0 Å². The summed E-state index contributed by atoms with van der Waals surface area (Å²) in [6.45, 7) is 0. The van der Waals surface area contributed by atoms with Gasteiger partial charge >= 0.3 is 0 Å². The van der Waals surface area contributed by atoms with Crippen LogP contribution in [0.5, 0.6) is 0 Å². The summed E-state index contributed by atoms with van der Waals surface area (Å²) in [7, 11) is -1.00. The first kappa shape index (κ1) is 42.4. The topological polar surface area (TPSA) is 104 Å². The predicted octanol–water partition coefficient (Wildman–Crippen LogP) is 13.2. The van der Waals surface area contributed by atoms with Crippen molar-refractivity contribution in [2.24, 2.45) is 0 Å². The summed E-state index contributed by atoms with van der Waals surface area (Å²) in [6.07, 6.45) is 7.39. The second-order valence-electron chi connectivity index (χ2n) is 11.7. The number of benzene rings is 6. The van der Waals surface area contributed by atoms with Gasteiger partial charge in [0.25, 0.3) is 0 Å². The van der Waals surface area contributed by atoms with Crippen LogP contribution in [0.4, 0.5) is 0 Å². The van der Waals surface area contributed by atoms with Gasteiger partial charge in [0.1, 0.15) is 0 Å². The fourth-order valence-electron chi connectivity index (χ4n) is 5.68. The largest absolute Gasteiger partial charge is 0.103 e. The number of hydrogen-bond acceptors (Lipinski definition) is 2. The molecule has 2 N–H and O–H groups in total. The monoisotopic (exact) mass is 802 g/mol. The summed E-state index contributed by atoms with van der Waals surface area (Å²) >= 11 is 0. The van der Waals surface area contributed by atoms with Crippen molar-refractivity contribution in [3.8, 4) is 0 Å². The van der Waals surface area contributed by atoms with Gasteiger partial charge in [-0.15, -0.1) is 10.8 Å². The molecule has 0 aliphatic rings. The van der Waals surface area contributed by atoms with Gasteiger partial charge in [-0.05, 0) is 33.4 Å². The number of hydrogen-bond donors (Lipinski definition) is 0. The zero-order valence-electron chi connectivity index (χ0n) is 28.7. The maximum absolute atomic E-state index is 6.86. The summed E-state index contributed by atoms with van der Waals surface area (Å²) in [5, 5.41) is 17.2. The maximum atomic E-state index is 6.86. The van der Waals surface area contributed by atoms with E-state index in [0.717, 1.165) is 0 Å². The van der Waals surface area contributed by atoms with Crippen LogP contribution in [0.15, 0.2) is 182 Å². The predicted molar refractivity (Wildman–Crippen MR) is 216 cm³/mol. The van der Waals surface area contributed by atoms with E-state index in [2.05, 4.69) is 182 Å². The number of diazo groups is 2. The van der Waals surface area contributed by atoms with Crippen LogP contribution in [-0.2, 0) is 57.4 Å². The summed E-state index contributed by atoms with van der Waals surface area (Å²) in [5.41, 5.74) is 8.85. The molecule has 0 aliphatic heterocycles. The third kappa shape index (κ3) is 18.7. The molecule has 6 rings (SSSR count). The Morgan fingerprint density at radius 2 is 0.431 bits per heavy atom. The Balaban J connectivity index is 0.000000301. The summed E-state index contributed by atoms with van der Waals surface area (Å²) in [6, 6.07) is 65.6. The van der Waals surface area contributed by atoms with Crippen molar-refractivity contribution in [1.29, 1.82) is 10.8 Å². The Morgan fingerprint density at radius 1 is 0.314 bits per heavy atom. The molecule has 0 atom stereocenters. The molecule has 9 heteroatoms. The minimum Gasteiger partial charge on any atom is -0.103 e. The average Bonchev–Trinajstić information content (AvgIpc) is 3.15.